The van der Waals surface area contributed by atoms with Crippen LogP contribution >= 0.6 is 0 Å². The Bertz CT molecular complexity index is 760. The van der Waals surface area contributed by atoms with Crippen LogP contribution in [0.15, 0.2) is 36.4 Å². The van der Waals surface area contributed by atoms with Crippen LogP contribution in [-0.4, -0.2) is 22.8 Å². The molecule has 2 fully saturated rings. The molecule has 2 saturated carbocycles. The van der Waals surface area contributed by atoms with Crippen molar-refractivity contribution >= 4 is 23.3 Å². The quantitative estimate of drug-likeness (QED) is 0.658. The summed E-state index contributed by atoms with van der Waals surface area (Å²) in [6.07, 6.45) is 6.06. The van der Waals surface area contributed by atoms with Gasteiger partial charge in [0, 0.05) is 11.3 Å². The number of carbonyl (C=O) groups excluding carboxylic acids is 2. The van der Waals surface area contributed by atoms with Crippen LogP contribution in [0, 0.1) is 29.1 Å². The number of rotatable bonds is 4. The number of carbonyl (C=O) groups is 3. The number of Topliss-reactive ketones (excluding diaryl/α,β-unsaturated/α-hetero) is 1. The van der Waals surface area contributed by atoms with Crippen LogP contribution < -0.4 is 5.32 Å². The molecule has 24 heavy (non-hydrogen) atoms. The standard InChI is InChI=1S/C19H19NO4/c1-10(21)11-2-4-12(5-3-11)20-17(22)15-13-6-7-14(16(15)18(23)24)19(13)8-9-19/h2-7,13-16H,8-9H2,1H3,(H,20,22)(H,23,24)/t13-,14+,15+,16+/m1/s1. The topological polar surface area (TPSA) is 83.5 Å². The number of anilines is 1. The SMILES string of the molecule is CC(=O)c1ccc(NC(=O)[C@@H]2[C@@H](C(=O)O)[C@@H]3C=C[C@H]2C32CC2)cc1. The summed E-state index contributed by atoms with van der Waals surface area (Å²) in [6, 6.07) is 6.69. The molecule has 1 aromatic rings. The Balaban J connectivity index is 1.56. The number of hydrogen-bond acceptors (Lipinski definition) is 3. The number of carboxylic acid groups (broad SMARTS) is 1. The van der Waals surface area contributed by atoms with E-state index in [1.165, 1.54) is 6.92 Å². The molecular weight excluding hydrogens is 306 g/mol. The van der Waals surface area contributed by atoms with Gasteiger partial charge in [0.05, 0.1) is 11.8 Å². The molecule has 1 amide bonds. The van der Waals surface area contributed by atoms with Crippen molar-refractivity contribution in [1.82, 2.24) is 0 Å². The summed E-state index contributed by atoms with van der Waals surface area (Å²) in [6.45, 7) is 1.49. The van der Waals surface area contributed by atoms with Crippen molar-refractivity contribution in [2.45, 2.75) is 19.8 Å². The molecule has 1 spiro atoms. The van der Waals surface area contributed by atoms with Crippen LogP contribution in [-0.2, 0) is 9.59 Å². The zero-order valence-electron chi connectivity index (χ0n) is 13.4. The second kappa shape index (κ2) is 5.03. The number of ketones is 1. The van der Waals surface area contributed by atoms with E-state index in [4.69, 9.17) is 0 Å². The van der Waals surface area contributed by atoms with Crippen LogP contribution in [0.4, 0.5) is 5.69 Å². The third-order valence-electron chi connectivity index (χ3n) is 5.99. The molecule has 3 aliphatic carbocycles. The molecule has 0 aromatic heterocycles. The summed E-state index contributed by atoms with van der Waals surface area (Å²) in [5.74, 6) is -2.30. The van der Waals surface area contributed by atoms with Crippen molar-refractivity contribution in [3.05, 3.63) is 42.0 Å². The van der Waals surface area contributed by atoms with E-state index in [-0.39, 0.29) is 28.9 Å². The molecule has 2 bridgehead atoms. The Morgan fingerprint density at radius 1 is 1.04 bits per heavy atom. The second-order valence-electron chi connectivity index (χ2n) is 7.18. The Kier molecular flexibility index (Phi) is 3.17. The Hall–Kier alpha value is -2.43. The summed E-state index contributed by atoms with van der Waals surface area (Å²) < 4.78 is 0. The van der Waals surface area contributed by atoms with Crippen LogP contribution in [0.5, 0.6) is 0 Å². The smallest absolute Gasteiger partial charge is 0.307 e. The first kappa shape index (κ1) is 15.1. The second-order valence-corrected chi connectivity index (χ2v) is 7.18. The molecule has 3 aliphatic rings. The predicted molar refractivity (Wildman–Crippen MR) is 87.5 cm³/mol. The fraction of sp³-hybridized carbons (Fsp3) is 0.421. The van der Waals surface area contributed by atoms with Gasteiger partial charge in [-0.05, 0) is 61.3 Å². The van der Waals surface area contributed by atoms with E-state index in [1.54, 1.807) is 24.3 Å². The summed E-state index contributed by atoms with van der Waals surface area (Å²) in [4.78, 5) is 35.8. The summed E-state index contributed by atoms with van der Waals surface area (Å²) in [7, 11) is 0. The van der Waals surface area contributed by atoms with Crippen molar-refractivity contribution in [3.63, 3.8) is 0 Å². The molecular formula is C19H19NO4. The lowest BCUT2D eigenvalue weighted by atomic mass is 9.82. The van der Waals surface area contributed by atoms with Gasteiger partial charge in [0.2, 0.25) is 5.91 Å². The lowest BCUT2D eigenvalue weighted by Gasteiger charge is -2.23. The lowest BCUT2D eigenvalue weighted by molar-refractivity contribution is -0.146. The third-order valence-corrected chi connectivity index (χ3v) is 5.99. The maximum atomic E-state index is 12.8. The van der Waals surface area contributed by atoms with Gasteiger partial charge in [0.15, 0.2) is 5.78 Å². The van der Waals surface area contributed by atoms with E-state index in [2.05, 4.69) is 5.32 Å². The van der Waals surface area contributed by atoms with Crippen molar-refractivity contribution < 1.29 is 19.5 Å². The molecule has 4 rings (SSSR count). The van der Waals surface area contributed by atoms with Gasteiger partial charge in [-0.15, -0.1) is 0 Å². The predicted octanol–water partition coefficient (Wildman–Crippen LogP) is 2.74. The molecule has 2 N–H and O–H groups in total. The molecule has 4 atom stereocenters. The molecule has 1 aromatic carbocycles. The number of nitrogens with one attached hydrogen (secondary N) is 1. The highest BCUT2D eigenvalue weighted by Gasteiger charge is 2.70. The molecule has 5 nitrogen and oxygen atoms in total. The van der Waals surface area contributed by atoms with Gasteiger partial charge in [-0.25, -0.2) is 0 Å². The van der Waals surface area contributed by atoms with E-state index in [9.17, 15) is 19.5 Å². The first-order valence-electron chi connectivity index (χ1n) is 8.27. The van der Waals surface area contributed by atoms with E-state index < -0.39 is 17.8 Å². The molecule has 0 radical (unpaired) electrons. The maximum Gasteiger partial charge on any atom is 0.307 e. The zero-order chi connectivity index (χ0) is 17.1. The highest BCUT2D eigenvalue weighted by Crippen LogP contribution is 2.72. The van der Waals surface area contributed by atoms with Crippen LogP contribution in [0.3, 0.4) is 0 Å². The van der Waals surface area contributed by atoms with Crippen molar-refractivity contribution in [2.75, 3.05) is 5.32 Å². The number of hydrogen-bond donors (Lipinski definition) is 2. The highest BCUT2D eigenvalue weighted by molar-refractivity contribution is 5.98. The lowest BCUT2D eigenvalue weighted by Crippen LogP contribution is -2.36. The first-order valence-corrected chi connectivity index (χ1v) is 8.27. The highest BCUT2D eigenvalue weighted by atomic mass is 16.4. The van der Waals surface area contributed by atoms with Crippen molar-refractivity contribution in [2.24, 2.45) is 29.1 Å². The Morgan fingerprint density at radius 3 is 2.12 bits per heavy atom. The van der Waals surface area contributed by atoms with Gasteiger partial charge in [-0.1, -0.05) is 12.2 Å². The Labute approximate surface area is 139 Å². The number of aliphatic carboxylic acids is 1. The van der Waals surface area contributed by atoms with Gasteiger partial charge in [-0.3, -0.25) is 14.4 Å². The van der Waals surface area contributed by atoms with Crippen LogP contribution in [0.25, 0.3) is 0 Å². The molecule has 0 saturated heterocycles. The molecule has 5 heteroatoms. The van der Waals surface area contributed by atoms with Gasteiger partial charge >= 0.3 is 5.97 Å². The van der Waals surface area contributed by atoms with Crippen LogP contribution in [0.1, 0.15) is 30.1 Å². The monoisotopic (exact) mass is 325 g/mol. The fourth-order valence-electron chi connectivity index (χ4n) is 4.70. The van der Waals surface area contributed by atoms with E-state index >= 15 is 0 Å². The van der Waals surface area contributed by atoms with Crippen LogP contribution in [0.2, 0.25) is 0 Å². The normalized spacial score (nSPS) is 31.2. The Morgan fingerprint density at radius 2 is 1.62 bits per heavy atom. The van der Waals surface area contributed by atoms with Gasteiger partial charge in [0.1, 0.15) is 0 Å². The van der Waals surface area contributed by atoms with Gasteiger partial charge < -0.3 is 10.4 Å². The maximum absolute atomic E-state index is 12.8. The average molecular weight is 325 g/mol. The molecule has 124 valence electrons. The van der Waals surface area contributed by atoms with Gasteiger partial charge in [-0.2, -0.15) is 0 Å². The average Bonchev–Trinajstić information content (AvgIpc) is 3.21. The van der Waals surface area contributed by atoms with Crippen molar-refractivity contribution in [3.8, 4) is 0 Å². The minimum atomic E-state index is -0.884. The minimum absolute atomic E-state index is 0.0174. The summed E-state index contributed by atoms with van der Waals surface area (Å²) in [5, 5.41) is 12.5. The largest absolute Gasteiger partial charge is 0.481 e. The minimum Gasteiger partial charge on any atom is -0.481 e. The van der Waals surface area contributed by atoms with Crippen molar-refractivity contribution in [1.29, 1.82) is 0 Å². The third kappa shape index (κ3) is 2.04. The van der Waals surface area contributed by atoms with E-state index in [0.29, 0.717) is 11.3 Å². The summed E-state index contributed by atoms with van der Waals surface area (Å²) in [5.41, 5.74) is 1.19. The first-order chi connectivity index (χ1) is 11.4. The molecule has 0 unspecified atom stereocenters. The zero-order valence-corrected chi connectivity index (χ0v) is 13.4. The molecule has 0 aliphatic heterocycles. The summed E-state index contributed by atoms with van der Waals surface area (Å²) >= 11 is 0. The number of amides is 1. The van der Waals surface area contributed by atoms with Gasteiger partial charge in [0.25, 0.3) is 0 Å². The number of benzene rings is 1. The van der Waals surface area contributed by atoms with E-state index in [1.807, 2.05) is 12.2 Å². The molecule has 0 heterocycles. The number of carboxylic acids is 1. The van der Waals surface area contributed by atoms with E-state index in [0.717, 1.165) is 12.8 Å². The fourth-order valence-corrected chi connectivity index (χ4v) is 4.70. The number of allylic oxidation sites excluding steroid dienone is 2.